The molecule has 1 aliphatic rings. The number of pyridine rings is 3. The fourth-order valence-electron chi connectivity index (χ4n) is 6.26. The predicted octanol–water partition coefficient (Wildman–Crippen LogP) is 5.74. The highest BCUT2D eigenvalue weighted by atomic mass is 32.2. The van der Waals surface area contributed by atoms with E-state index < -0.39 is 15.9 Å². The summed E-state index contributed by atoms with van der Waals surface area (Å²) < 4.78 is 29.9. The van der Waals surface area contributed by atoms with Gasteiger partial charge in [0.05, 0.1) is 10.9 Å². The Hall–Kier alpha value is -5.66. The molecule has 7 rings (SSSR count). The Balaban J connectivity index is 1.03. The van der Waals surface area contributed by atoms with Crippen molar-refractivity contribution in [2.45, 2.75) is 35.2 Å². The van der Waals surface area contributed by atoms with Gasteiger partial charge in [-0.25, -0.2) is 28.1 Å². The van der Waals surface area contributed by atoms with Gasteiger partial charge in [0, 0.05) is 47.7 Å². The van der Waals surface area contributed by atoms with Gasteiger partial charge in [-0.05, 0) is 87.1 Å². The number of amides is 2. The molecule has 15 nitrogen and oxygen atoms in total. The first kappa shape index (κ1) is 39.6. The number of aromatic nitrogens is 4. The minimum Gasteiger partial charge on any atom is -0.365 e. The number of hydrogen-bond donors (Lipinski definition) is 5. The van der Waals surface area contributed by atoms with E-state index in [2.05, 4.69) is 40.2 Å². The van der Waals surface area contributed by atoms with Gasteiger partial charge in [-0.3, -0.25) is 30.6 Å². The third-order valence-corrected chi connectivity index (χ3v) is 12.6. The van der Waals surface area contributed by atoms with Crippen molar-refractivity contribution in [2.24, 2.45) is 0 Å². The molecule has 4 aromatic heterocycles. The quantitative estimate of drug-likeness (QED) is 0.0622. The second-order valence-corrected chi connectivity index (χ2v) is 17.3. The van der Waals surface area contributed by atoms with Crippen molar-refractivity contribution in [3.05, 3.63) is 120 Å². The molecule has 0 unspecified atom stereocenters. The Labute approximate surface area is 338 Å². The van der Waals surface area contributed by atoms with E-state index in [0.717, 1.165) is 39.9 Å². The fourth-order valence-corrected chi connectivity index (χ4v) is 9.01. The average molecular weight is 825 g/mol. The molecule has 18 heteroatoms. The SMILES string of the molecule is CN(C)CC[C@H](CSc1ccccc1)Nc1ncc(S(=O)(=O)NC(=O)c2cccc(N3CCc4cccc(C(=O)Nc5nc6cnccc6s5)c4C3)n2)cc1NO. The molecule has 5 N–H and O–H groups in total. The van der Waals surface area contributed by atoms with E-state index in [1.54, 1.807) is 42.4 Å². The maximum Gasteiger partial charge on any atom is 0.283 e. The number of nitrogens with zero attached hydrogens (tertiary/aromatic N) is 6. The molecule has 0 radical (unpaired) electrons. The van der Waals surface area contributed by atoms with Crippen LogP contribution in [0.15, 0.2) is 107 Å². The molecule has 0 saturated carbocycles. The lowest BCUT2D eigenvalue weighted by Gasteiger charge is -2.31. The van der Waals surface area contributed by atoms with Crippen LogP contribution in [0.1, 0.15) is 38.4 Å². The molecule has 2 aromatic carbocycles. The first-order valence-corrected chi connectivity index (χ1v) is 21.3. The smallest absolute Gasteiger partial charge is 0.283 e. The van der Waals surface area contributed by atoms with Gasteiger partial charge in [0.2, 0.25) is 0 Å². The summed E-state index contributed by atoms with van der Waals surface area (Å²) in [6, 6.07) is 23.3. The van der Waals surface area contributed by atoms with Gasteiger partial charge in [-0.15, -0.1) is 11.8 Å². The molecule has 57 heavy (non-hydrogen) atoms. The number of rotatable bonds is 15. The highest BCUT2D eigenvalue weighted by molar-refractivity contribution is 7.99. The number of carbonyl (C=O) groups excluding carboxylic acids is 2. The minimum absolute atomic E-state index is 0.0285. The summed E-state index contributed by atoms with van der Waals surface area (Å²) >= 11 is 3.03. The highest BCUT2D eigenvalue weighted by Crippen LogP contribution is 2.30. The summed E-state index contributed by atoms with van der Waals surface area (Å²) in [5.74, 6) is 0.153. The first-order chi connectivity index (χ1) is 27.6. The summed E-state index contributed by atoms with van der Waals surface area (Å²) in [5, 5.41) is 16.7. The van der Waals surface area contributed by atoms with Crippen LogP contribution in [-0.2, 0) is 23.0 Å². The topological polar surface area (TPSA) is 195 Å². The highest BCUT2D eigenvalue weighted by Gasteiger charge is 2.26. The monoisotopic (exact) mass is 824 g/mol. The van der Waals surface area contributed by atoms with Gasteiger partial charge in [-0.1, -0.05) is 47.7 Å². The lowest BCUT2D eigenvalue weighted by atomic mass is 9.94. The molecule has 2 amide bonds. The van der Waals surface area contributed by atoms with Gasteiger partial charge in [-0.2, -0.15) is 0 Å². The summed E-state index contributed by atoms with van der Waals surface area (Å²) in [4.78, 5) is 49.1. The predicted molar refractivity (Wildman–Crippen MR) is 223 cm³/mol. The number of thioether (sulfide) groups is 1. The zero-order chi connectivity index (χ0) is 39.9. The largest absolute Gasteiger partial charge is 0.365 e. The number of benzene rings is 2. The molecule has 294 valence electrons. The third-order valence-electron chi connectivity index (χ3n) is 9.20. The normalized spacial score (nSPS) is 13.2. The fraction of sp³-hybridized carbons (Fsp3) is 0.231. The Morgan fingerprint density at radius 3 is 2.61 bits per heavy atom. The first-order valence-electron chi connectivity index (χ1n) is 18.0. The molecule has 0 spiro atoms. The van der Waals surface area contributed by atoms with Gasteiger partial charge >= 0.3 is 0 Å². The van der Waals surface area contributed by atoms with Crippen molar-refractivity contribution in [2.75, 3.05) is 54.0 Å². The van der Waals surface area contributed by atoms with Crippen LogP contribution in [0.4, 0.5) is 22.5 Å². The maximum atomic E-state index is 13.5. The molecule has 0 aliphatic carbocycles. The van der Waals surface area contributed by atoms with Crippen LogP contribution in [0.25, 0.3) is 10.2 Å². The van der Waals surface area contributed by atoms with E-state index in [0.29, 0.717) is 47.3 Å². The molecule has 5 heterocycles. The van der Waals surface area contributed by atoms with Gasteiger partial charge in [0.25, 0.3) is 21.8 Å². The van der Waals surface area contributed by atoms with Crippen molar-refractivity contribution in [3.8, 4) is 0 Å². The molecule has 0 bridgehead atoms. The second kappa shape index (κ2) is 17.6. The van der Waals surface area contributed by atoms with Crippen molar-refractivity contribution < 1.29 is 23.2 Å². The van der Waals surface area contributed by atoms with Gasteiger partial charge < -0.3 is 15.1 Å². The number of anilines is 4. The number of fused-ring (bicyclic) bond motifs is 2. The van der Waals surface area contributed by atoms with Crippen LogP contribution in [-0.4, -0.2) is 89.3 Å². The van der Waals surface area contributed by atoms with Crippen molar-refractivity contribution >= 4 is 77.6 Å². The third kappa shape index (κ3) is 9.66. The molecule has 0 saturated heterocycles. The van der Waals surface area contributed by atoms with Crippen LogP contribution < -0.4 is 25.7 Å². The van der Waals surface area contributed by atoms with Gasteiger partial charge in [0.15, 0.2) is 10.9 Å². The van der Waals surface area contributed by atoms with Crippen LogP contribution in [0.3, 0.4) is 0 Å². The van der Waals surface area contributed by atoms with Gasteiger partial charge in [0.1, 0.15) is 27.6 Å². The number of nitrogens with one attached hydrogen (secondary N) is 4. The molecular weight excluding hydrogens is 785 g/mol. The van der Waals surface area contributed by atoms with Crippen LogP contribution in [0, 0.1) is 0 Å². The van der Waals surface area contributed by atoms with Crippen LogP contribution in [0.2, 0.25) is 0 Å². The van der Waals surface area contributed by atoms with Crippen molar-refractivity contribution in [1.29, 1.82) is 0 Å². The summed E-state index contributed by atoms with van der Waals surface area (Å²) in [6.45, 7) is 1.68. The molecule has 0 fully saturated rings. The minimum atomic E-state index is -4.44. The standard InChI is InChI=1S/C39H40N10O5S3/c1-48(2)18-16-26(24-55-27-9-4-3-5-10-27)42-36-32(46-52)20-28(21-41-36)57(53,54)47-38(51)31-12-7-13-35(43-31)49-19-15-25-8-6-11-29(30(25)23-49)37(50)45-39-44-33-22-40-17-14-34(33)56-39/h3-14,17,20-22,26,46,52H,15-16,18-19,23-24H2,1-2H3,(H,41,42)(H,47,51)(H,44,45,50)/t26-/m1/s1. The number of sulfonamides is 1. The average Bonchev–Trinajstić information content (AvgIpc) is 3.64. The lowest BCUT2D eigenvalue weighted by Crippen LogP contribution is -2.34. The number of carbonyl (C=O) groups is 2. The summed E-state index contributed by atoms with van der Waals surface area (Å²) in [5.41, 5.74) is 5.00. The van der Waals surface area contributed by atoms with Crippen LogP contribution in [0.5, 0.6) is 0 Å². The number of hydrogen-bond acceptors (Lipinski definition) is 15. The van der Waals surface area contributed by atoms with E-state index >= 15 is 0 Å². The van der Waals surface area contributed by atoms with E-state index in [1.807, 2.05) is 73.0 Å². The Morgan fingerprint density at radius 1 is 1.00 bits per heavy atom. The van der Waals surface area contributed by atoms with E-state index in [9.17, 15) is 23.2 Å². The molecular formula is C39H40N10O5S3. The van der Waals surface area contributed by atoms with E-state index in [1.165, 1.54) is 23.5 Å². The second-order valence-electron chi connectivity index (χ2n) is 13.5. The Morgan fingerprint density at radius 2 is 1.82 bits per heavy atom. The van der Waals surface area contributed by atoms with E-state index in [4.69, 9.17) is 0 Å². The lowest BCUT2D eigenvalue weighted by molar-refractivity contribution is 0.0975. The molecule has 6 aromatic rings. The molecule has 1 aliphatic heterocycles. The number of thiazole rings is 1. The Bertz CT molecular complexity index is 2470. The summed E-state index contributed by atoms with van der Waals surface area (Å²) in [7, 11) is -0.474. The molecule has 1 atom stereocenters. The van der Waals surface area contributed by atoms with Crippen molar-refractivity contribution in [1.82, 2.24) is 29.6 Å². The van der Waals surface area contributed by atoms with E-state index in [-0.39, 0.29) is 34.0 Å². The Kier molecular flexibility index (Phi) is 12.2. The van der Waals surface area contributed by atoms with Crippen molar-refractivity contribution in [3.63, 3.8) is 0 Å². The zero-order valence-corrected chi connectivity index (χ0v) is 33.5. The van der Waals surface area contributed by atoms with Crippen LogP contribution >= 0.6 is 23.1 Å². The zero-order valence-electron chi connectivity index (χ0n) is 31.0. The summed E-state index contributed by atoms with van der Waals surface area (Å²) in [6.07, 6.45) is 5.83. The maximum absolute atomic E-state index is 13.5.